The molecule has 0 spiro atoms. The number of hydrogen-bond acceptors (Lipinski definition) is 3. The molecule has 0 aromatic heterocycles. The molecule has 0 fully saturated rings. The molecule has 1 aromatic carbocycles. The standard InChI is InChI=1S/C11H15NO3S/c1-15-11(13)8-5-9-3-6-10(7-4-9)16(2,12)14/h3-4,6-7H,2,5,8H2,1H3,(H2,12,14). The molecule has 0 aliphatic rings. The van der Waals surface area contributed by atoms with Crippen LogP contribution in [0.3, 0.4) is 0 Å². The van der Waals surface area contributed by atoms with E-state index in [0.29, 0.717) is 17.7 Å². The Hall–Kier alpha value is -1.33. The molecule has 1 aromatic rings. The summed E-state index contributed by atoms with van der Waals surface area (Å²) in [5.74, 6) is 3.14. The van der Waals surface area contributed by atoms with E-state index in [1.165, 1.54) is 7.11 Å². The lowest BCUT2D eigenvalue weighted by Crippen LogP contribution is -2.11. The molecule has 1 atom stereocenters. The number of methoxy groups -OCH3 is 1. The smallest absolute Gasteiger partial charge is 0.305 e. The third kappa shape index (κ3) is 3.67. The summed E-state index contributed by atoms with van der Waals surface area (Å²) in [4.78, 5) is 11.4. The number of benzene rings is 1. The van der Waals surface area contributed by atoms with Gasteiger partial charge in [0, 0.05) is 11.3 Å². The summed E-state index contributed by atoms with van der Waals surface area (Å²) in [6, 6.07) is 6.91. The Morgan fingerprint density at radius 3 is 2.44 bits per heavy atom. The number of rotatable bonds is 4. The summed E-state index contributed by atoms with van der Waals surface area (Å²) < 4.78 is 15.9. The first-order valence-electron chi connectivity index (χ1n) is 4.74. The van der Waals surface area contributed by atoms with E-state index in [1.807, 2.05) is 0 Å². The summed E-state index contributed by atoms with van der Waals surface area (Å²) >= 11 is 0. The highest BCUT2D eigenvalue weighted by atomic mass is 32.2. The highest BCUT2D eigenvalue weighted by Gasteiger charge is 2.03. The SMILES string of the molecule is C=S(N)(=O)c1ccc(CCC(=O)OC)cc1. The number of hydrogen-bond donors (Lipinski definition) is 1. The highest BCUT2D eigenvalue weighted by molar-refractivity contribution is 7.98. The molecule has 2 N–H and O–H groups in total. The van der Waals surface area contributed by atoms with Crippen LogP contribution in [0.4, 0.5) is 0 Å². The van der Waals surface area contributed by atoms with Crippen LogP contribution in [0, 0.1) is 0 Å². The predicted octanol–water partition coefficient (Wildman–Crippen LogP) is 0.741. The first kappa shape index (κ1) is 12.7. The third-order valence-corrected chi connectivity index (χ3v) is 3.24. The lowest BCUT2D eigenvalue weighted by molar-refractivity contribution is -0.140. The Balaban J connectivity index is 2.69. The zero-order valence-electron chi connectivity index (χ0n) is 9.14. The van der Waals surface area contributed by atoms with Crippen LogP contribution in [-0.4, -0.2) is 23.2 Å². The fourth-order valence-corrected chi connectivity index (χ4v) is 1.83. The van der Waals surface area contributed by atoms with Crippen LogP contribution in [0.5, 0.6) is 0 Å². The first-order valence-corrected chi connectivity index (χ1v) is 6.53. The summed E-state index contributed by atoms with van der Waals surface area (Å²) in [6.45, 7) is 0. The van der Waals surface area contributed by atoms with Crippen molar-refractivity contribution >= 4 is 21.5 Å². The summed E-state index contributed by atoms with van der Waals surface area (Å²) in [6.07, 6.45) is 0.925. The van der Waals surface area contributed by atoms with Gasteiger partial charge in [0.15, 0.2) is 0 Å². The molecule has 1 unspecified atom stereocenters. The summed E-state index contributed by atoms with van der Waals surface area (Å²) in [5, 5.41) is 5.39. The molecule has 16 heavy (non-hydrogen) atoms. The van der Waals surface area contributed by atoms with Crippen LogP contribution in [0.2, 0.25) is 0 Å². The highest BCUT2D eigenvalue weighted by Crippen LogP contribution is 2.10. The molecule has 1 rings (SSSR count). The van der Waals surface area contributed by atoms with Crippen molar-refractivity contribution in [1.29, 1.82) is 0 Å². The van der Waals surface area contributed by atoms with Gasteiger partial charge in [-0.2, -0.15) is 0 Å². The Bertz CT molecular complexity index is 463. The normalized spacial score (nSPS) is 14.1. The Morgan fingerprint density at radius 2 is 2.00 bits per heavy atom. The fraction of sp³-hybridized carbons (Fsp3) is 0.273. The van der Waals surface area contributed by atoms with Crippen molar-refractivity contribution in [3.8, 4) is 0 Å². The summed E-state index contributed by atoms with van der Waals surface area (Å²) in [5.41, 5.74) is 0.970. The van der Waals surface area contributed by atoms with Gasteiger partial charge in [-0.05, 0) is 30.0 Å². The fourth-order valence-electron chi connectivity index (χ4n) is 1.23. The van der Waals surface area contributed by atoms with Crippen LogP contribution in [0.1, 0.15) is 12.0 Å². The zero-order chi connectivity index (χ0) is 12.2. The average Bonchev–Trinajstić information content (AvgIpc) is 2.25. The maximum Gasteiger partial charge on any atom is 0.305 e. The second-order valence-electron chi connectivity index (χ2n) is 3.45. The van der Waals surface area contributed by atoms with Gasteiger partial charge in [0.1, 0.15) is 0 Å². The van der Waals surface area contributed by atoms with Crippen molar-refractivity contribution in [2.24, 2.45) is 5.14 Å². The molecule has 4 nitrogen and oxygen atoms in total. The maximum atomic E-state index is 11.4. The van der Waals surface area contributed by atoms with E-state index in [-0.39, 0.29) is 5.97 Å². The van der Waals surface area contributed by atoms with Crippen LogP contribution < -0.4 is 5.14 Å². The number of carbonyl (C=O) groups excluding carboxylic acids is 1. The minimum absolute atomic E-state index is 0.246. The first-order chi connectivity index (χ1) is 7.43. The van der Waals surface area contributed by atoms with E-state index >= 15 is 0 Å². The Kier molecular flexibility index (Phi) is 4.09. The number of ether oxygens (including phenoxy) is 1. The lowest BCUT2D eigenvalue weighted by atomic mass is 10.1. The van der Waals surface area contributed by atoms with E-state index in [9.17, 15) is 9.00 Å². The van der Waals surface area contributed by atoms with E-state index in [2.05, 4.69) is 10.6 Å². The molecular weight excluding hydrogens is 226 g/mol. The molecule has 0 saturated carbocycles. The van der Waals surface area contributed by atoms with E-state index in [0.717, 1.165) is 5.56 Å². The molecule has 0 aliphatic heterocycles. The zero-order valence-corrected chi connectivity index (χ0v) is 9.96. The van der Waals surface area contributed by atoms with Gasteiger partial charge in [0.05, 0.1) is 16.8 Å². The van der Waals surface area contributed by atoms with E-state index in [1.54, 1.807) is 24.3 Å². The molecule has 0 heterocycles. The monoisotopic (exact) mass is 241 g/mol. The quantitative estimate of drug-likeness (QED) is 0.624. The van der Waals surface area contributed by atoms with Gasteiger partial charge >= 0.3 is 5.97 Å². The van der Waals surface area contributed by atoms with Gasteiger partial charge in [-0.15, -0.1) is 0 Å². The van der Waals surface area contributed by atoms with Crippen molar-refractivity contribution in [3.05, 3.63) is 29.8 Å². The molecule has 0 bridgehead atoms. The second-order valence-corrected chi connectivity index (χ2v) is 5.37. The molecule has 0 aliphatic carbocycles. The molecule has 0 amide bonds. The van der Waals surface area contributed by atoms with E-state index < -0.39 is 9.71 Å². The minimum atomic E-state index is -2.65. The van der Waals surface area contributed by atoms with Crippen molar-refractivity contribution in [3.63, 3.8) is 0 Å². The number of aryl methyl sites for hydroxylation is 1. The maximum absolute atomic E-state index is 11.4. The minimum Gasteiger partial charge on any atom is -0.469 e. The van der Waals surface area contributed by atoms with Crippen molar-refractivity contribution in [2.45, 2.75) is 17.7 Å². The van der Waals surface area contributed by atoms with Gasteiger partial charge in [-0.1, -0.05) is 12.1 Å². The number of nitrogens with two attached hydrogens (primary N) is 1. The average molecular weight is 241 g/mol. The molecule has 0 radical (unpaired) electrons. The lowest BCUT2D eigenvalue weighted by Gasteiger charge is -2.04. The molecular formula is C11H15NO3S. The largest absolute Gasteiger partial charge is 0.469 e. The van der Waals surface area contributed by atoms with Gasteiger partial charge in [0.2, 0.25) is 0 Å². The van der Waals surface area contributed by atoms with Gasteiger partial charge in [-0.3, -0.25) is 9.93 Å². The van der Waals surface area contributed by atoms with E-state index in [4.69, 9.17) is 5.14 Å². The van der Waals surface area contributed by atoms with Crippen molar-refractivity contribution in [1.82, 2.24) is 0 Å². The Labute approximate surface area is 95.6 Å². The van der Waals surface area contributed by atoms with Crippen LogP contribution >= 0.6 is 0 Å². The molecule has 88 valence electrons. The van der Waals surface area contributed by atoms with Crippen molar-refractivity contribution < 1.29 is 13.7 Å². The molecule has 5 heteroatoms. The number of esters is 1. The van der Waals surface area contributed by atoms with Crippen LogP contribution in [0.25, 0.3) is 0 Å². The van der Waals surface area contributed by atoms with Crippen LogP contribution in [-0.2, 0) is 25.7 Å². The predicted molar refractivity (Wildman–Crippen MR) is 64.5 cm³/mol. The number of carbonyl (C=O) groups is 1. The van der Waals surface area contributed by atoms with Gasteiger partial charge in [0.25, 0.3) is 0 Å². The Morgan fingerprint density at radius 1 is 1.44 bits per heavy atom. The third-order valence-electron chi connectivity index (χ3n) is 2.17. The van der Waals surface area contributed by atoms with Crippen LogP contribution in [0.15, 0.2) is 29.2 Å². The topological polar surface area (TPSA) is 69.4 Å². The summed E-state index contributed by atoms with van der Waals surface area (Å²) in [7, 11) is -1.29. The van der Waals surface area contributed by atoms with Gasteiger partial charge < -0.3 is 4.74 Å². The molecule has 0 saturated heterocycles. The van der Waals surface area contributed by atoms with Crippen molar-refractivity contribution in [2.75, 3.05) is 7.11 Å². The second kappa shape index (κ2) is 5.14. The van der Waals surface area contributed by atoms with Gasteiger partial charge in [-0.25, -0.2) is 4.21 Å².